The van der Waals surface area contributed by atoms with Crippen LogP contribution in [0.5, 0.6) is 0 Å². The molecule has 0 aliphatic carbocycles. The van der Waals surface area contributed by atoms with Crippen LogP contribution in [0.1, 0.15) is 5.56 Å². The Kier molecular flexibility index (Phi) is 4.52. The second kappa shape index (κ2) is 5.77. The molecule has 0 saturated heterocycles. The summed E-state index contributed by atoms with van der Waals surface area (Å²) in [4.78, 5) is 0. The number of aryl methyl sites for hydroxylation is 1. The molecule has 0 unspecified atom stereocenters. The van der Waals surface area contributed by atoms with Gasteiger partial charge in [0.2, 0.25) is 0 Å². The quantitative estimate of drug-likeness (QED) is 0.348. The van der Waals surface area contributed by atoms with Crippen LogP contribution in [-0.2, 0) is 0 Å². The third-order valence-electron chi connectivity index (χ3n) is 2.30. The average molecular weight is 475 g/mol. The second-order valence-corrected chi connectivity index (χ2v) is 7.78. The molecule has 0 heterocycles. The van der Waals surface area contributed by atoms with Gasteiger partial charge in [-0.25, -0.2) is 0 Å². The molecule has 0 spiro atoms. The Morgan fingerprint density at radius 2 is 1.44 bits per heavy atom. The van der Waals surface area contributed by atoms with Crippen molar-refractivity contribution in [2.45, 2.75) is 6.92 Å². The zero-order valence-electron chi connectivity index (χ0n) is 9.28. The Bertz CT molecular complexity index is 574. The van der Waals surface area contributed by atoms with Crippen LogP contribution in [0.25, 0.3) is 0 Å². The summed E-state index contributed by atoms with van der Waals surface area (Å²) in [7, 11) is 0. The summed E-state index contributed by atoms with van der Waals surface area (Å²) in [5.41, 5.74) is 0.572. The first-order valence-corrected chi connectivity index (χ1v) is 8.26. The molecule has 0 aliphatic heterocycles. The Morgan fingerprint density at radius 3 is 2.00 bits per heavy atom. The molecule has 18 heavy (non-hydrogen) atoms. The molecule has 0 amide bonds. The van der Waals surface area contributed by atoms with E-state index in [2.05, 4.69) is 0 Å². The van der Waals surface area contributed by atoms with E-state index in [1.165, 1.54) is 18.2 Å². The zero-order chi connectivity index (χ0) is 13.3. The SMILES string of the molecule is Cc1ccc([I-]c2cc(F)c(I)c(F)c2)cc1F. The van der Waals surface area contributed by atoms with E-state index >= 15 is 0 Å². The van der Waals surface area contributed by atoms with Gasteiger partial charge in [0, 0.05) is 0 Å². The molecule has 0 fully saturated rings. The normalized spacial score (nSPS) is 10.9. The average Bonchev–Trinajstić information content (AvgIpc) is 2.31. The van der Waals surface area contributed by atoms with Crippen molar-refractivity contribution in [3.8, 4) is 0 Å². The van der Waals surface area contributed by atoms with E-state index < -0.39 is 32.8 Å². The third-order valence-corrected chi connectivity index (χ3v) is 5.87. The molecular formula is C13H8F3I2-. The van der Waals surface area contributed by atoms with E-state index in [4.69, 9.17) is 0 Å². The molecule has 2 rings (SSSR count). The third kappa shape index (κ3) is 3.17. The summed E-state index contributed by atoms with van der Waals surface area (Å²) in [5.74, 6) is -1.39. The van der Waals surface area contributed by atoms with Gasteiger partial charge in [-0.1, -0.05) is 0 Å². The first-order chi connectivity index (χ1) is 8.47. The van der Waals surface area contributed by atoms with E-state index in [-0.39, 0.29) is 9.39 Å². The van der Waals surface area contributed by atoms with Gasteiger partial charge >= 0.3 is 128 Å². The molecule has 0 atom stereocenters. The number of rotatable bonds is 2. The van der Waals surface area contributed by atoms with Crippen LogP contribution in [0.2, 0.25) is 0 Å². The Balaban J connectivity index is 2.31. The molecule has 0 aromatic heterocycles. The number of benzene rings is 2. The monoisotopic (exact) mass is 475 g/mol. The van der Waals surface area contributed by atoms with E-state index in [1.54, 1.807) is 41.6 Å². The van der Waals surface area contributed by atoms with E-state index in [0.29, 0.717) is 9.13 Å². The van der Waals surface area contributed by atoms with Crippen LogP contribution in [0.4, 0.5) is 13.2 Å². The van der Waals surface area contributed by atoms with Crippen molar-refractivity contribution in [1.82, 2.24) is 0 Å². The van der Waals surface area contributed by atoms with Gasteiger partial charge < -0.3 is 0 Å². The number of hydrogen-bond donors (Lipinski definition) is 0. The maximum atomic E-state index is 13.4. The summed E-state index contributed by atoms with van der Waals surface area (Å²) in [6.07, 6.45) is 0. The Morgan fingerprint density at radius 1 is 0.889 bits per heavy atom. The predicted molar refractivity (Wildman–Crippen MR) is 67.6 cm³/mol. The van der Waals surface area contributed by atoms with Crippen molar-refractivity contribution in [2.24, 2.45) is 0 Å². The fraction of sp³-hybridized carbons (Fsp3) is 0.0769. The first kappa shape index (κ1) is 14.1. The number of hydrogen-bond acceptors (Lipinski definition) is 0. The van der Waals surface area contributed by atoms with Gasteiger partial charge in [0.25, 0.3) is 0 Å². The zero-order valence-corrected chi connectivity index (χ0v) is 13.6. The van der Waals surface area contributed by atoms with Crippen molar-refractivity contribution in [3.05, 3.63) is 64.1 Å². The summed E-state index contributed by atoms with van der Waals surface area (Å²) in [6, 6.07) is 7.59. The molecule has 2 aromatic carbocycles. The van der Waals surface area contributed by atoms with Crippen molar-refractivity contribution >= 4 is 22.6 Å². The van der Waals surface area contributed by atoms with E-state index in [9.17, 15) is 13.2 Å². The second-order valence-electron chi connectivity index (χ2n) is 3.67. The first-order valence-electron chi connectivity index (χ1n) is 5.03. The minimum absolute atomic E-state index is 0.00422. The van der Waals surface area contributed by atoms with Crippen molar-refractivity contribution in [2.75, 3.05) is 0 Å². The molecule has 0 bridgehead atoms. The summed E-state index contributed by atoms with van der Waals surface area (Å²) >= 11 is 0.858. The van der Waals surface area contributed by atoms with Crippen LogP contribution in [0.3, 0.4) is 0 Å². The van der Waals surface area contributed by atoms with Crippen LogP contribution in [0, 0.1) is 35.1 Å². The molecular weight excluding hydrogens is 467 g/mol. The van der Waals surface area contributed by atoms with Crippen molar-refractivity contribution < 1.29 is 34.4 Å². The van der Waals surface area contributed by atoms with Gasteiger partial charge in [-0.05, 0) is 0 Å². The summed E-state index contributed by atoms with van der Waals surface area (Å²) < 4.78 is 41.5. The Hall–Kier alpha value is -0.310. The molecule has 0 nitrogen and oxygen atoms in total. The van der Waals surface area contributed by atoms with Crippen molar-refractivity contribution in [3.63, 3.8) is 0 Å². The molecule has 0 saturated carbocycles. The molecule has 0 radical (unpaired) electrons. The topological polar surface area (TPSA) is 0 Å². The molecule has 2 aromatic rings. The maximum absolute atomic E-state index is 13.4. The summed E-state index contributed by atoms with van der Waals surface area (Å²) in [5, 5.41) is 0. The van der Waals surface area contributed by atoms with Gasteiger partial charge in [0.1, 0.15) is 0 Å². The molecule has 5 heteroatoms. The van der Waals surface area contributed by atoms with Gasteiger partial charge in [0.15, 0.2) is 0 Å². The molecule has 96 valence electrons. The van der Waals surface area contributed by atoms with Gasteiger partial charge in [-0.2, -0.15) is 0 Å². The fourth-order valence-corrected chi connectivity index (χ4v) is 4.01. The van der Waals surface area contributed by atoms with Crippen molar-refractivity contribution in [1.29, 1.82) is 0 Å². The van der Waals surface area contributed by atoms with E-state index in [1.807, 2.05) is 0 Å². The fourth-order valence-electron chi connectivity index (χ4n) is 1.33. The van der Waals surface area contributed by atoms with E-state index in [0.717, 1.165) is 3.57 Å². The predicted octanol–water partition coefficient (Wildman–Crippen LogP) is 1.15. The molecule has 0 N–H and O–H groups in total. The van der Waals surface area contributed by atoms with Gasteiger partial charge in [-0.3, -0.25) is 0 Å². The van der Waals surface area contributed by atoms with Crippen LogP contribution in [-0.4, -0.2) is 0 Å². The van der Waals surface area contributed by atoms with Gasteiger partial charge in [0.05, 0.1) is 0 Å². The summed E-state index contributed by atoms with van der Waals surface area (Å²) in [6.45, 7) is 1.68. The minimum atomic E-state index is -0.770. The number of halogens is 5. The Labute approximate surface area is 127 Å². The van der Waals surface area contributed by atoms with Crippen LogP contribution in [0.15, 0.2) is 30.3 Å². The molecule has 0 aliphatic rings. The van der Waals surface area contributed by atoms with Crippen LogP contribution < -0.4 is 21.2 Å². The van der Waals surface area contributed by atoms with Gasteiger partial charge in [-0.15, -0.1) is 0 Å². The standard InChI is InChI=1S/C13H8F3I2/c1-7-2-3-8(4-10(7)14)18-9-5-11(15)13(17)12(16)6-9/h2-6H,1H3/q-1. The van der Waals surface area contributed by atoms with Crippen LogP contribution >= 0.6 is 22.6 Å².